The van der Waals surface area contributed by atoms with E-state index < -0.39 is 0 Å². The van der Waals surface area contributed by atoms with Crippen LogP contribution >= 0.6 is 0 Å². The van der Waals surface area contributed by atoms with E-state index in [2.05, 4.69) is 67.3 Å². The van der Waals surface area contributed by atoms with E-state index >= 15 is 0 Å². The van der Waals surface area contributed by atoms with Crippen LogP contribution in [0.5, 0.6) is 0 Å². The molecule has 0 N–H and O–H groups in total. The summed E-state index contributed by atoms with van der Waals surface area (Å²) in [5, 5.41) is 0. The first-order chi connectivity index (χ1) is 12.7. The van der Waals surface area contributed by atoms with Gasteiger partial charge in [-0.15, -0.1) is 0 Å². The maximum absolute atomic E-state index is 13.0. The van der Waals surface area contributed by atoms with Gasteiger partial charge in [-0.3, -0.25) is 9.69 Å². The van der Waals surface area contributed by atoms with Crippen LogP contribution in [0.25, 0.3) is 11.1 Å². The Labute approximate surface area is 155 Å². The minimum Gasteiger partial charge on any atom is -0.292 e. The summed E-state index contributed by atoms with van der Waals surface area (Å²) in [6.07, 6.45) is 0. The van der Waals surface area contributed by atoms with Crippen LogP contribution in [0, 0.1) is 0 Å². The predicted molar refractivity (Wildman–Crippen MR) is 106 cm³/mol. The van der Waals surface area contributed by atoms with Crippen molar-refractivity contribution in [1.29, 1.82) is 0 Å². The van der Waals surface area contributed by atoms with E-state index in [1.54, 1.807) is 0 Å². The molecule has 26 heavy (non-hydrogen) atoms. The highest BCUT2D eigenvalue weighted by atomic mass is 16.1. The van der Waals surface area contributed by atoms with Gasteiger partial charge in [0.25, 0.3) is 0 Å². The highest BCUT2D eigenvalue weighted by Gasteiger charge is 2.54. The third-order valence-corrected chi connectivity index (χ3v) is 5.13. The molecule has 0 aromatic heterocycles. The maximum Gasteiger partial charge on any atom is 0.181 e. The Morgan fingerprint density at radius 3 is 1.88 bits per heavy atom. The molecule has 0 amide bonds. The van der Waals surface area contributed by atoms with Crippen molar-refractivity contribution >= 4 is 5.78 Å². The fourth-order valence-corrected chi connectivity index (χ4v) is 3.80. The number of carbonyl (C=O) groups is 1. The lowest BCUT2D eigenvalue weighted by molar-refractivity contribution is 0.0969. The zero-order valence-corrected chi connectivity index (χ0v) is 15.2. The summed E-state index contributed by atoms with van der Waals surface area (Å²) in [5.74, 6) is 0.219. The first-order valence-corrected chi connectivity index (χ1v) is 9.19. The lowest BCUT2D eigenvalue weighted by Gasteiger charge is -2.08. The molecule has 0 radical (unpaired) electrons. The fraction of sp³-hybridized carbons (Fsp3) is 0.208. The van der Waals surface area contributed by atoms with E-state index in [1.807, 2.05) is 36.4 Å². The van der Waals surface area contributed by atoms with E-state index in [4.69, 9.17) is 0 Å². The first kappa shape index (κ1) is 16.7. The van der Waals surface area contributed by atoms with Crippen LogP contribution in [0.1, 0.15) is 35.8 Å². The summed E-state index contributed by atoms with van der Waals surface area (Å²) in [6, 6.07) is 29.1. The number of hydrogen-bond donors (Lipinski definition) is 0. The zero-order chi connectivity index (χ0) is 18.1. The quantitative estimate of drug-likeness (QED) is 0.459. The van der Waals surface area contributed by atoms with Gasteiger partial charge in [0.2, 0.25) is 0 Å². The summed E-state index contributed by atoms with van der Waals surface area (Å²) < 4.78 is 0. The molecule has 1 aliphatic heterocycles. The molecule has 2 nitrogen and oxygen atoms in total. The standard InChI is InChI=1S/C24H23NO/c1-17(2)25-22(23(25)24(26)21-11-7-4-8-12-21)20-15-13-19(14-16-20)18-9-5-3-6-10-18/h3-17,22-23H,1-2H3/t22-,23+,25?/m0/s1. The highest BCUT2D eigenvalue weighted by molar-refractivity contribution is 6.02. The van der Waals surface area contributed by atoms with Gasteiger partial charge in [0.05, 0.1) is 12.1 Å². The second-order valence-corrected chi connectivity index (χ2v) is 7.15. The van der Waals surface area contributed by atoms with E-state index in [0.717, 1.165) is 5.56 Å². The normalized spacial score (nSPS) is 21.6. The fourth-order valence-electron chi connectivity index (χ4n) is 3.80. The average Bonchev–Trinajstić information content (AvgIpc) is 3.45. The summed E-state index contributed by atoms with van der Waals surface area (Å²) >= 11 is 0. The Balaban J connectivity index is 1.59. The van der Waals surface area contributed by atoms with Crippen LogP contribution in [-0.4, -0.2) is 22.8 Å². The number of Topliss-reactive ketones (excluding diaryl/α,β-unsaturated/α-hetero) is 1. The minimum absolute atomic E-state index is 0.0556. The largest absolute Gasteiger partial charge is 0.292 e. The van der Waals surface area contributed by atoms with Gasteiger partial charge in [-0.1, -0.05) is 84.9 Å². The second-order valence-electron chi connectivity index (χ2n) is 7.15. The van der Waals surface area contributed by atoms with E-state index in [-0.39, 0.29) is 17.9 Å². The molecular formula is C24H23NO. The number of carbonyl (C=O) groups excluding carboxylic acids is 1. The molecule has 0 aliphatic carbocycles. The SMILES string of the molecule is CC(C)N1[C@@H](C(=O)c2ccccc2)[C@@H]1c1ccc(-c2ccccc2)cc1. The molecule has 1 saturated heterocycles. The average molecular weight is 341 g/mol. The van der Waals surface area contributed by atoms with Crippen molar-refractivity contribution in [2.45, 2.75) is 32.0 Å². The van der Waals surface area contributed by atoms with Crippen molar-refractivity contribution < 1.29 is 4.79 Å². The van der Waals surface area contributed by atoms with Crippen molar-refractivity contribution in [3.05, 3.63) is 96.1 Å². The topological polar surface area (TPSA) is 20.1 Å². The van der Waals surface area contributed by atoms with Crippen LogP contribution < -0.4 is 0 Å². The third-order valence-electron chi connectivity index (χ3n) is 5.13. The highest BCUT2D eigenvalue weighted by Crippen LogP contribution is 2.46. The molecule has 1 heterocycles. The number of benzene rings is 3. The molecule has 3 aromatic rings. The molecule has 0 bridgehead atoms. The van der Waals surface area contributed by atoms with E-state index in [0.29, 0.717) is 6.04 Å². The van der Waals surface area contributed by atoms with Crippen molar-refractivity contribution in [3.63, 3.8) is 0 Å². The first-order valence-electron chi connectivity index (χ1n) is 9.19. The Morgan fingerprint density at radius 2 is 1.31 bits per heavy atom. The van der Waals surface area contributed by atoms with Gasteiger partial charge >= 0.3 is 0 Å². The number of ketones is 1. The number of hydrogen-bond acceptors (Lipinski definition) is 2. The molecular weight excluding hydrogens is 318 g/mol. The molecule has 1 aliphatic rings. The Bertz CT molecular complexity index is 885. The molecule has 3 aromatic carbocycles. The molecule has 1 fully saturated rings. The second kappa shape index (κ2) is 6.89. The van der Waals surface area contributed by atoms with Gasteiger partial charge in [0.1, 0.15) is 0 Å². The zero-order valence-electron chi connectivity index (χ0n) is 15.2. The van der Waals surface area contributed by atoms with E-state index in [9.17, 15) is 4.79 Å². The summed E-state index contributed by atoms with van der Waals surface area (Å²) in [5.41, 5.74) is 4.43. The van der Waals surface area contributed by atoms with Crippen molar-refractivity contribution in [1.82, 2.24) is 4.90 Å². The van der Waals surface area contributed by atoms with Crippen LogP contribution in [0.15, 0.2) is 84.9 Å². The van der Waals surface area contributed by atoms with Gasteiger partial charge in [0, 0.05) is 11.6 Å². The van der Waals surface area contributed by atoms with Crippen molar-refractivity contribution in [2.24, 2.45) is 0 Å². The number of rotatable bonds is 5. The summed E-state index contributed by atoms with van der Waals surface area (Å²) in [4.78, 5) is 15.3. The lowest BCUT2D eigenvalue weighted by atomic mass is 10.00. The van der Waals surface area contributed by atoms with Crippen LogP contribution in [0.4, 0.5) is 0 Å². The Morgan fingerprint density at radius 1 is 0.769 bits per heavy atom. The van der Waals surface area contributed by atoms with Gasteiger partial charge < -0.3 is 0 Å². The van der Waals surface area contributed by atoms with Gasteiger partial charge in [-0.25, -0.2) is 0 Å². The maximum atomic E-state index is 13.0. The minimum atomic E-state index is -0.0556. The van der Waals surface area contributed by atoms with Crippen LogP contribution in [0.2, 0.25) is 0 Å². The smallest absolute Gasteiger partial charge is 0.181 e. The Kier molecular flexibility index (Phi) is 4.44. The molecule has 0 spiro atoms. The molecule has 2 heteroatoms. The van der Waals surface area contributed by atoms with Gasteiger partial charge in [0.15, 0.2) is 5.78 Å². The molecule has 0 saturated carbocycles. The van der Waals surface area contributed by atoms with Gasteiger partial charge in [-0.05, 0) is 30.5 Å². The Hall–Kier alpha value is -2.71. The molecule has 4 rings (SSSR count). The summed E-state index contributed by atoms with van der Waals surface area (Å²) in [7, 11) is 0. The van der Waals surface area contributed by atoms with E-state index in [1.165, 1.54) is 16.7 Å². The number of nitrogens with zero attached hydrogens (tertiary/aromatic N) is 1. The van der Waals surface area contributed by atoms with Crippen molar-refractivity contribution in [3.8, 4) is 11.1 Å². The lowest BCUT2D eigenvalue weighted by Crippen LogP contribution is -2.18. The van der Waals surface area contributed by atoms with Gasteiger partial charge in [-0.2, -0.15) is 0 Å². The predicted octanol–water partition coefficient (Wildman–Crippen LogP) is 5.37. The third kappa shape index (κ3) is 3.09. The van der Waals surface area contributed by atoms with Crippen molar-refractivity contribution in [2.75, 3.05) is 0 Å². The monoisotopic (exact) mass is 341 g/mol. The summed E-state index contributed by atoms with van der Waals surface area (Å²) in [6.45, 7) is 4.31. The van der Waals surface area contributed by atoms with Crippen LogP contribution in [0.3, 0.4) is 0 Å². The van der Waals surface area contributed by atoms with Crippen LogP contribution in [-0.2, 0) is 0 Å². The molecule has 3 atom stereocenters. The molecule has 1 unspecified atom stereocenters. The molecule has 130 valence electrons.